The van der Waals surface area contributed by atoms with Gasteiger partial charge in [0.05, 0.1) is 11.4 Å². The van der Waals surface area contributed by atoms with Gasteiger partial charge in [0.1, 0.15) is 11.6 Å². The molecule has 0 atom stereocenters. The maximum absolute atomic E-state index is 13.3. The van der Waals surface area contributed by atoms with Gasteiger partial charge in [0.2, 0.25) is 0 Å². The van der Waals surface area contributed by atoms with Crippen molar-refractivity contribution in [2.75, 3.05) is 6.54 Å². The Bertz CT molecular complexity index is 497. The van der Waals surface area contributed by atoms with E-state index in [9.17, 15) is 18.4 Å². The second kappa shape index (κ2) is 6.89. The molecule has 0 aliphatic carbocycles. The zero-order valence-electron chi connectivity index (χ0n) is 9.67. The van der Waals surface area contributed by atoms with Crippen LogP contribution >= 0.6 is 11.6 Å². The van der Waals surface area contributed by atoms with E-state index in [4.69, 9.17) is 16.7 Å². The Morgan fingerprint density at radius 3 is 2.53 bits per heavy atom. The minimum absolute atomic E-state index is 0.0569. The number of carbonyl (C=O) groups is 2. The Morgan fingerprint density at radius 1 is 1.21 bits per heavy atom. The minimum atomic E-state index is -1.05. The average Bonchev–Trinajstić information content (AvgIpc) is 2.31. The van der Waals surface area contributed by atoms with Gasteiger partial charge in [-0.15, -0.1) is 0 Å². The van der Waals surface area contributed by atoms with Gasteiger partial charge in [0, 0.05) is 18.7 Å². The van der Waals surface area contributed by atoms with Crippen molar-refractivity contribution >= 4 is 23.6 Å². The van der Waals surface area contributed by atoms with Crippen LogP contribution in [0.3, 0.4) is 0 Å². The van der Waals surface area contributed by atoms with Crippen LogP contribution in [0.2, 0.25) is 5.02 Å². The highest BCUT2D eigenvalue weighted by molar-refractivity contribution is 6.30. The fraction of sp³-hybridized carbons (Fsp3) is 0.273. The lowest BCUT2D eigenvalue weighted by Gasteiger charge is -2.08. The molecule has 0 unspecified atom stereocenters. The summed E-state index contributed by atoms with van der Waals surface area (Å²) in [6.07, 6.45) is -0.225. The maximum atomic E-state index is 13.3. The molecule has 2 amide bonds. The third-order valence-corrected chi connectivity index (χ3v) is 2.44. The van der Waals surface area contributed by atoms with Gasteiger partial charge in [-0.1, -0.05) is 11.6 Å². The summed E-state index contributed by atoms with van der Waals surface area (Å²) in [5, 5.41) is 12.5. The Balaban J connectivity index is 2.46. The van der Waals surface area contributed by atoms with E-state index in [1.165, 1.54) is 0 Å². The average molecular weight is 293 g/mol. The zero-order chi connectivity index (χ0) is 14.4. The Labute approximate surface area is 112 Å². The van der Waals surface area contributed by atoms with Gasteiger partial charge in [-0.25, -0.2) is 13.6 Å². The predicted molar refractivity (Wildman–Crippen MR) is 63.9 cm³/mol. The molecule has 19 heavy (non-hydrogen) atoms. The molecule has 1 rings (SSSR count). The molecule has 0 aromatic heterocycles. The number of aliphatic carboxylic acids is 1. The number of rotatable bonds is 5. The Kier molecular flexibility index (Phi) is 5.50. The van der Waals surface area contributed by atoms with Crippen molar-refractivity contribution < 1.29 is 23.5 Å². The number of carbonyl (C=O) groups excluding carboxylic acids is 1. The van der Waals surface area contributed by atoms with Crippen LogP contribution in [0.4, 0.5) is 13.6 Å². The van der Waals surface area contributed by atoms with Crippen LogP contribution in [-0.4, -0.2) is 23.7 Å². The van der Waals surface area contributed by atoms with Gasteiger partial charge >= 0.3 is 12.0 Å². The second-order valence-corrected chi connectivity index (χ2v) is 4.02. The van der Waals surface area contributed by atoms with Crippen LogP contribution in [-0.2, 0) is 11.3 Å². The van der Waals surface area contributed by atoms with Gasteiger partial charge in [0.25, 0.3) is 0 Å². The molecule has 5 nitrogen and oxygen atoms in total. The standard InChI is InChI=1S/C11H11ClF2N2O3/c12-7-4-8(13)6(3-9(7)14)5-16-11(19)15-2-1-10(17)18/h3-4H,1-2,5H2,(H,17,18)(H2,15,16,19). The number of hydrogen-bond acceptors (Lipinski definition) is 2. The third-order valence-electron chi connectivity index (χ3n) is 2.15. The summed E-state index contributed by atoms with van der Waals surface area (Å²) in [5.41, 5.74) is -0.0599. The lowest BCUT2D eigenvalue weighted by molar-refractivity contribution is -0.136. The molecule has 0 bridgehead atoms. The van der Waals surface area contributed by atoms with Crippen LogP contribution in [0.1, 0.15) is 12.0 Å². The number of carboxylic acid groups (broad SMARTS) is 1. The lowest BCUT2D eigenvalue weighted by atomic mass is 10.2. The van der Waals surface area contributed by atoms with E-state index in [0.717, 1.165) is 12.1 Å². The first-order valence-electron chi connectivity index (χ1n) is 5.27. The van der Waals surface area contributed by atoms with Gasteiger partial charge < -0.3 is 15.7 Å². The van der Waals surface area contributed by atoms with Crippen molar-refractivity contribution in [1.29, 1.82) is 0 Å². The predicted octanol–water partition coefficient (Wildman–Crippen LogP) is 1.89. The summed E-state index contributed by atoms with van der Waals surface area (Å²) >= 11 is 5.38. The fourth-order valence-corrected chi connectivity index (χ4v) is 1.37. The van der Waals surface area contributed by atoms with Crippen LogP contribution in [0.15, 0.2) is 12.1 Å². The van der Waals surface area contributed by atoms with Gasteiger partial charge in [-0.05, 0) is 12.1 Å². The van der Waals surface area contributed by atoms with Gasteiger partial charge in [-0.2, -0.15) is 0 Å². The first-order valence-corrected chi connectivity index (χ1v) is 5.65. The molecular weight excluding hydrogens is 282 g/mol. The van der Waals surface area contributed by atoms with Crippen molar-refractivity contribution in [2.24, 2.45) is 0 Å². The molecule has 8 heteroatoms. The largest absolute Gasteiger partial charge is 0.481 e. The highest BCUT2D eigenvalue weighted by atomic mass is 35.5. The molecule has 3 N–H and O–H groups in total. The normalized spacial score (nSPS) is 10.1. The van der Waals surface area contributed by atoms with Crippen LogP contribution in [0.25, 0.3) is 0 Å². The van der Waals surface area contributed by atoms with E-state index in [-0.39, 0.29) is 30.1 Å². The van der Waals surface area contributed by atoms with E-state index in [1.807, 2.05) is 0 Å². The van der Waals surface area contributed by atoms with Gasteiger partial charge in [-0.3, -0.25) is 4.79 Å². The van der Waals surface area contributed by atoms with E-state index in [2.05, 4.69) is 10.6 Å². The summed E-state index contributed by atoms with van der Waals surface area (Å²) in [5.74, 6) is -2.57. The topological polar surface area (TPSA) is 78.4 Å². The number of hydrogen-bond donors (Lipinski definition) is 3. The van der Waals surface area contributed by atoms with Crippen LogP contribution < -0.4 is 10.6 Å². The Morgan fingerprint density at radius 2 is 1.89 bits per heavy atom. The molecule has 0 heterocycles. The van der Waals surface area contributed by atoms with Gasteiger partial charge in [0.15, 0.2) is 0 Å². The van der Waals surface area contributed by atoms with E-state index >= 15 is 0 Å². The first kappa shape index (κ1) is 15.2. The molecule has 104 valence electrons. The summed E-state index contributed by atoms with van der Waals surface area (Å²) in [7, 11) is 0. The van der Waals surface area contributed by atoms with Crippen LogP contribution in [0.5, 0.6) is 0 Å². The number of benzene rings is 1. The summed E-state index contributed by atoms with van der Waals surface area (Å²) in [6, 6.07) is 1.03. The zero-order valence-corrected chi connectivity index (χ0v) is 10.4. The van der Waals surface area contributed by atoms with Crippen molar-refractivity contribution in [3.05, 3.63) is 34.4 Å². The monoisotopic (exact) mass is 292 g/mol. The molecule has 0 spiro atoms. The number of amides is 2. The summed E-state index contributed by atoms with van der Waals surface area (Å²) in [6.45, 7) is -0.294. The maximum Gasteiger partial charge on any atom is 0.315 e. The second-order valence-electron chi connectivity index (χ2n) is 3.61. The molecule has 0 aliphatic rings. The van der Waals surface area contributed by atoms with Crippen molar-refractivity contribution in [2.45, 2.75) is 13.0 Å². The molecule has 1 aromatic rings. The molecule has 0 saturated carbocycles. The first-order chi connectivity index (χ1) is 8.90. The van der Waals surface area contributed by atoms with Crippen LogP contribution in [0, 0.1) is 11.6 Å². The smallest absolute Gasteiger partial charge is 0.315 e. The third kappa shape index (κ3) is 5.09. The highest BCUT2D eigenvalue weighted by Gasteiger charge is 2.09. The van der Waals surface area contributed by atoms with E-state index in [0.29, 0.717) is 0 Å². The molecule has 0 saturated heterocycles. The molecule has 1 aromatic carbocycles. The van der Waals surface area contributed by atoms with Crippen molar-refractivity contribution in [3.8, 4) is 0 Å². The highest BCUT2D eigenvalue weighted by Crippen LogP contribution is 2.19. The molecular formula is C11H11ClF2N2O3. The number of urea groups is 1. The van der Waals surface area contributed by atoms with E-state index in [1.54, 1.807) is 0 Å². The van der Waals surface area contributed by atoms with Crippen molar-refractivity contribution in [3.63, 3.8) is 0 Å². The minimum Gasteiger partial charge on any atom is -0.481 e. The lowest BCUT2D eigenvalue weighted by Crippen LogP contribution is -2.36. The molecule has 0 fully saturated rings. The number of nitrogens with one attached hydrogen (secondary N) is 2. The quantitative estimate of drug-likeness (QED) is 0.725. The summed E-state index contributed by atoms with van der Waals surface area (Å²) < 4.78 is 26.4. The number of carboxylic acids is 1. The summed E-state index contributed by atoms with van der Waals surface area (Å²) in [4.78, 5) is 21.4. The molecule has 0 aliphatic heterocycles. The molecule has 0 radical (unpaired) electrons. The fourth-order valence-electron chi connectivity index (χ4n) is 1.22. The number of halogens is 3. The SMILES string of the molecule is O=C(O)CCNC(=O)NCc1cc(F)c(Cl)cc1F. The van der Waals surface area contributed by atoms with Crippen molar-refractivity contribution in [1.82, 2.24) is 10.6 Å². The Hall–Kier alpha value is -1.89. The van der Waals surface area contributed by atoms with E-state index < -0.39 is 23.6 Å².